The van der Waals surface area contributed by atoms with Gasteiger partial charge in [0.05, 0.1) is 24.7 Å². The molecular formula is C16H22O5. The van der Waals surface area contributed by atoms with Crippen LogP contribution in [0, 0.1) is 5.92 Å². The van der Waals surface area contributed by atoms with Gasteiger partial charge < -0.3 is 14.6 Å². The summed E-state index contributed by atoms with van der Waals surface area (Å²) < 4.78 is 10.6. The molecule has 0 saturated heterocycles. The molecule has 0 radical (unpaired) electrons. The molecule has 0 amide bonds. The van der Waals surface area contributed by atoms with E-state index in [2.05, 4.69) is 0 Å². The molecule has 1 rings (SSSR count). The van der Waals surface area contributed by atoms with Crippen molar-refractivity contribution < 1.29 is 24.2 Å². The quantitative estimate of drug-likeness (QED) is 0.559. The highest BCUT2D eigenvalue weighted by molar-refractivity contribution is 5.87. The second-order valence-electron chi connectivity index (χ2n) is 4.86. The molecule has 5 heteroatoms. The molecule has 116 valence electrons. The Hall–Kier alpha value is -2.04. The van der Waals surface area contributed by atoms with Crippen LogP contribution in [0.4, 0.5) is 0 Å². The Morgan fingerprint density at radius 1 is 1.14 bits per heavy atom. The molecule has 1 aromatic rings. The second-order valence-corrected chi connectivity index (χ2v) is 4.86. The van der Waals surface area contributed by atoms with Crippen LogP contribution in [0.5, 0.6) is 5.75 Å². The van der Waals surface area contributed by atoms with E-state index in [1.165, 1.54) is 12.1 Å². The first-order valence-corrected chi connectivity index (χ1v) is 7.17. The summed E-state index contributed by atoms with van der Waals surface area (Å²) in [5.41, 5.74) is 0.235. The van der Waals surface area contributed by atoms with Crippen LogP contribution in [0.2, 0.25) is 0 Å². The fourth-order valence-electron chi connectivity index (χ4n) is 1.57. The molecule has 0 saturated carbocycles. The monoisotopic (exact) mass is 294 g/mol. The number of benzene rings is 1. The Kier molecular flexibility index (Phi) is 7.29. The lowest BCUT2D eigenvalue weighted by Gasteiger charge is -2.09. The topological polar surface area (TPSA) is 72.8 Å². The predicted molar refractivity (Wildman–Crippen MR) is 78.5 cm³/mol. The Morgan fingerprint density at radius 3 is 2.33 bits per heavy atom. The van der Waals surface area contributed by atoms with E-state index in [0.717, 1.165) is 19.3 Å². The van der Waals surface area contributed by atoms with Crippen LogP contribution in [0.1, 0.15) is 43.5 Å². The normalized spacial score (nSPS) is 11.7. The number of carbonyl (C=O) groups excluding carboxylic acids is 1. The molecule has 0 aliphatic heterocycles. The highest BCUT2D eigenvalue weighted by atomic mass is 16.5. The summed E-state index contributed by atoms with van der Waals surface area (Å²) in [6, 6.07) is 6.27. The highest BCUT2D eigenvalue weighted by Gasteiger charge is 2.11. The van der Waals surface area contributed by atoms with Crippen molar-refractivity contribution in [2.45, 2.75) is 33.1 Å². The third-order valence-corrected chi connectivity index (χ3v) is 3.17. The highest BCUT2D eigenvalue weighted by Crippen LogP contribution is 2.12. The molecule has 0 spiro atoms. The van der Waals surface area contributed by atoms with Crippen molar-refractivity contribution in [3.05, 3.63) is 29.8 Å². The number of carboxylic acids is 1. The van der Waals surface area contributed by atoms with Crippen molar-refractivity contribution >= 4 is 11.9 Å². The number of carboxylic acid groups (broad SMARTS) is 1. The molecule has 1 aromatic carbocycles. The van der Waals surface area contributed by atoms with Gasteiger partial charge in [0.1, 0.15) is 5.75 Å². The maximum Gasteiger partial charge on any atom is 0.335 e. The molecule has 0 aromatic heterocycles. The minimum atomic E-state index is -0.954. The molecule has 5 nitrogen and oxygen atoms in total. The Morgan fingerprint density at radius 2 is 1.76 bits per heavy atom. The maximum absolute atomic E-state index is 11.4. The summed E-state index contributed by atoms with van der Waals surface area (Å²) >= 11 is 0. The number of aromatic carboxylic acids is 1. The van der Waals surface area contributed by atoms with Gasteiger partial charge in [0.15, 0.2) is 0 Å². The van der Waals surface area contributed by atoms with Gasteiger partial charge in [-0.25, -0.2) is 4.79 Å². The van der Waals surface area contributed by atoms with Gasteiger partial charge in [-0.15, -0.1) is 0 Å². The van der Waals surface area contributed by atoms with Crippen LogP contribution in [0.25, 0.3) is 0 Å². The molecule has 0 heterocycles. The molecule has 1 atom stereocenters. The van der Waals surface area contributed by atoms with Crippen molar-refractivity contribution in [3.8, 4) is 5.75 Å². The molecule has 1 N–H and O–H groups in total. The van der Waals surface area contributed by atoms with Gasteiger partial charge >= 0.3 is 11.9 Å². The smallest absolute Gasteiger partial charge is 0.335 e. The van der Waals surface area contributed by atoms with Crippen LogP contribution in [0.15, 0.2) is 24.3 Å². The van der Waals surface area contributed by atoms with Crippen molar-refractivity contribution in [2.75, 3.05) is 13.2 Å². The maximum atomic E-state index is 11.4. The van der Waals surface area contributed by atoms with Crippen molar-refractivity contribution in [2.24, 2.45) is 5.92 Å². The molecule has 0 aliphatic rings. The van der Waals surface area contributed by atoms with Crippen molar-refractivity contribution in [3.63, 3.8) is 0 Å². The van der Waals surface area contributed by atoms with Gasteiger partial charge in [0.25, 0.3) is 0 Å². The van der Waals surface area contributed by atoms with E-state index < -0.39 is 5.97 Å². The van der Waals surface area contributed by atoms with Crippen LogP contribution < -0.4 is 4.74 Å². The molecule has 0 fully saturated rings. The molecular weight excluding hydrogens is 272 g/mol. The first kappa shape index (κ1) is 17.0. The molecule has 0 bridgehead atoms. The lowest BCUT2D eigenvalue weighted by Crippen LogP contribution is -2.14. The van der Waals surface area contributed by atoms with Crippen molar-refractivity contribution in [1.82, 2.24) is 0 Å². The number of carbonyl (C=O) groups is 2. The fraction of sp³-hybridized carbons (Fsp3) is 0.500. The third kappa shape index (κ3) is 6.29. The lowest BCUT2D eigenvalue weighted by atomic mass is 10.1. The van der Waals surface area contributed by atoms with E-state index in [4.69, 9.17) is 14.6 Å². The van der Waals surface area contributed by atoms with E-state index in [1.54, 1.807) is 12.1 Å². The van der Waals surface area contributed by atoms with Gasteiger partial charge in [-0.1, -0.05) is 13.8 Å². The Bertz CT molecular complexity index is 452. The zero-order chi connectivity index (χ0) is 15.7. The van der Waals surface area contributed by atoms with Gasteiger partial charge in [0.2, 0.25) is 0 Å². The van der Waals surface area contributed by atoms with E-state index in [0.29, 0.717) is 19.0 Å². The number of unbranched alkanes of at least 4 members (excludes halogenated alkanes) is 1. The SMILES string of the molecule is CCC(C)C(=O)OCCCCOc1ccc(C(=O)O)cc1. The molecule has 21 heavy (non-hydrogen) atoms. The Balaban J connectivity index is 2.14. The molecule has 0 aliphatic carbocycles. The average molecular weight is 294 g/mol. The fourth-order valence-corrected chi connectivity index (χ4v) is 1.57. The van der Waals surface area contributed by atoms with Crippen LogP contribution in [-0.2, 0) is 9.53 Å². The van der Waals surface area contributed by atoms with E-state index in [9.17, 15) is 9.59 Å². The zero-order valence-corrected chi connectivity index (χ0v) is 12.5. The van der Waals surface area contributed by atoms with Gasteiger partial charge in [-0.05, 0) is 43.5 Å². The predicted octanol–water partition coefficient (Wildman–Crippen LogP) is 3.13. The minimum absolute atomic E-state index is 0.0472. The summed E-state index contributed by atoms with van der Waals surface area (Å²) in [6.45, 7) is 4.72. The van der Waals surface area contributed by atoms with Crippen LogP contribution >= 0.6 is 0 Å². The summed E-state index contributed by atoms with van der Waals surface area (Å²) in [5, 5.41) is 8.77. The summed E-state index contributed by atoms with van der Waals surface area (Å²) in [6.07, 6.45) is 2.30. The van der Waals surface area contributed by atoms with Gasteiger partial charge in [-0.3, -0.25) is 4.79 Å². The standard InChI is InChI=1S/C16H22O5/c1-3-12(2)16(19)21-11-5-4-10-20-14-8-6-13(7-9-14)15(17)18/h6-9,12H,3-5,10-11H2,1-2H3,(H,17,18). The summed E-state index contributed by atoms with van der Waals surface area (Å²) in [5.74, 6) is -0.516. The summed E-state index contributed by atoms with van der Waals surface area (Å²) in [4.78, 5) is 22.1. The van der Waals surface area contributed by atoms with Crippen LogP contribution in [-0.4, -0.2) is 30.3 Å². The average Bonchev–Trinajstić information content (AvgIpc) is 2.50. The Labute approximate surface area is 124 Å². The number of rotatable bonds is 9. The number of hydrogen-bond acceptors (Lipinski definition) is 4. The third-order valence-electron chi connectivity index (χ3n) is 3.17. The first-order valence-electron chi connectivity index (χ1n) is 7.17. The minimum Gasteiger partial charge on any atom is -0.494 e. The first-order chi connectivity index (χ1) is 10.0. The van der Waals surface area contributed by atoms with E-state index in [-0.39, 0.29) is 17.5 Å². The van der Waals surface area contributed by atoms with Crippen LogP contribution in [0.3, 0.4) is 0 Å². The number of hydrogen-bond donors (Lipinski definition) is 1. The number of esters is 1. The zero-order valence-electron chi connectivity index (χ0n) is 12.5. The van der Waals surface area contributed by atoms with E-state index in [1.807, 2.05) is 13.8 Å². The van der Waals surface area contributed by atoms with Gasteiger partial charge in [0, 0.05) is 0 Å². The van der Waals surface area contributed by atoms with Gasteiger partial charge in [-0.2, -0.15) is 0 Å². The molecule has 1 unspecified atom stereocenters. The van der Waals surface area contributed by atoms with E-state index >= 15 is 0 Å². The second kappa shape index (κ2) is 9.00. The lowest BCUT2D eigenvalue weighted by molar-refractivity contribution is -0.148. The largest absolute Gasteiger partial charge is 0.494 e. The van der Waals surface area contributed by atoms with Crippen molar-refractivity contribution in [1.29, 1.82) is 0 Å². The summed E-state index contributed by atoms with van der Waals surface area (Å²) in [7, 11) is 0. The number of ether oxygens (including phenoxy) is 2.